The molecule has 1 atom stereocenters. The number of benzene rings is 1. The van der Waals surface area contributed by atoms with Crippen LogP contribution in [0.3, 0.4) is 0 Å². The van der Waals surface area contributed by atoms with E-state index in [1.165, 1.54) is 25.3 Å². The molecule has 0 aliphatic rings. The molecular weight excluding hydrogens is 248 g/mol. The van der Waals surface area contributed by atoms with Gasteiger partial charge in [0.2, 0.25) is 0 Å². The van der Waals surface area contributed by atoms with Gasteiger partial charge in [-0.1, -0.05) is 13.8 Å². The molecule has 1 aromatic carbocycles. The van der Waals surface area contributed by atoms with Gasteiger partial charge >= 0.3 is 5.97 Å². The van der Waals surface area contributed by atoms with E-state index in [-0.39, 0.29) is 18.1 Å². The van der Waals surface area contributed by atoms with E-state index in [9.17, 15) is 9.90 Å². The summed E-state index contributed by atoms with van der Waals surface area (Å²) in [4.78, 5) is 10.9. The van der Waals surface area contributed by atoms with Gasteiger partial charge in [0.05, 0.1) is 18.3 Å². The monoisotopic (exact) mass is 268 g/mol. The highest BCUT2D eigenvalue weighted by Gasteiger charge is 2.26. The standard InChI is InChI=1S/C14H20O5/c1-9(2)14(3,17)8-19-12-7-10(13(15)16)5-6-11(12)18-4/h5-7,9,17H,8H2,1-4H3,(H,15,16). The SMILES string of the molecule is COc1ccc(C(=O)O)cc1OCC(C)(O)C(C)C. The number of hydrogen-bond donors (Lipinski definition) is 2. The topological polar surface area (TPSA) is 76.0 Å². The maximum Gasteiger partial charge on any atom is 0.335 e. The molecule has 0 radical (unpaired) electrons. The Morgan fingerprint density at radius 1 is 1.37 bits per heavy atom. The number of ether oxygens (including phenoxy) is 2. The van der Waals surface area contributed by atoms with Gasteiger partial charge in [-0.25, -0.2) is 4.79 Å². The van der Waals surface area contributed by atoms with Crippen LogP contribution >= 0.6 is 0 Å². The molecule has 0 saturated carbocycles. The number of aliphatic hydroxyl groups is 1. The van der Waals surface area contributed by atoms with Crippen LogP contribution in [-0.2, 0) is 0 Å². The molecule has 1 unspecified atom stereocenters. The van der Waals surface area contributed by atoms with E-state index in [0.29, 0.717) is 11.5 Å². The van der Waals surface area contributed by atoms with Crippen molar-refractivity contribution < 1.29 is 24.5 Å². The number of hydrogen-bond acceptors (Lipinski definition) is 4. The summed E-state index contributed by atoms with van der Waals surface area (Å²) in [5.41, 5.74) is -0.885. The van der Waals surface area contributed by atoms with Crippen LogP contribution in [0, 0.1) is 5.92 Å². The first-order valence-electron chi connectivity index (χ1n) is 6.04. The van der Waals surface area contributed by atoms with Gasteiger partial charge in [0.25, 0.3) is 0 Å². The smallest absolute Gasteiger partial charge is 0.335 e. The van der Waals surface area contributed by atoms with Gasteiger partial charge in [0.15, 0.2) is 11.5 Å². The molecule has 0 fully saturated rings. The van der Waals surface area contributed by atoms with Crippen molar-refractivity contribution in [3.63, 3.8) is 0 Å². The van der Waals surface area contributed by atoms with Gasteiger partial charge < -0.3 is 19.7 Å². The Morgan fingerprint density at radius 3 is 2.47 bits per heavy atom. The molecule has 106 valence electrons. The Bertz CT molecular complexity index is 451. The number of carboxylic acid groups (broad SMARTS) is 1. The van der Waals surface area contributed by atoms with Crippen LogP contribution in [0.1, 0.15) is 31.1 Å². The first-order valence-corrected chi connectivity index (χ1v) is 6.04. The zero-order valence-corrected chi connectivity index (χ0v) is 11.6. The third-order valence-corrected chi connectivity index (χ3v) is 3.17. The highest BCUT2D eigenvalue weighted by atomic mass is 16.5. The molecule has 1 aromatic rings. The minimum atomic E-state index is -1.04. The average Bonchev–Trinajstić information content (AvgIpc) is 2.35. The minimum absolute atomic E-state index is 0.0150. The van der Waals surface area contributed by atoms with Crippen LogP contribution in [0.5, 0.6) is 11.5 Å². The Balaban J connectivity index is 2.92. The molecule has 0 saturated heterocycles. The van der Waals surface area contributed by atoms with E-state index in [0.717, 1.165) is 0 Å². The van der Waals surface area contributed by atoms with E-state index in [1.54, 1.807) is 6.92 Å². The van der Waals surface area contributed by atoms with Gasteiger partial charge in [-0.2, -0.15) is 0 Å². The Hall–Kier alpha value is -1.75. The van der Waals surface area contributed by atoms with Gasteiger partial charge in [0, 0.05) is 0 Å². The lowest BCUT2D eigenvalue weighted by Crippen LogP contribution is -2.37. The Kier molecular flexibility index (Phi) is 4.78. The molecular formula is C14H20O5. The molecule has 5 heteroatoms. The highest BCUT2D eigenvalue weighted by molar-refractivity contribution is 5.88. The van der Waals surface area contributed by atoms with E-state index >= 15 is 0 Å². The van der Waals surface area contributed by atoms with Crippen LogP contribution in [0.2, 0.25) is 0 Å². The summed E-state index contributed by atoms with van der Waals surface area (Å²) in [5.74, 6) is -0.280. The predicted molar refractivity (Wildman–Crippen MR) is 70.9 cm³/mol. The normalized spacial score (nSPS) is 14.0. The third-order valence-electron chi connectivity index (χ3n) is 3.17. The first-order chi connectivity index (χ1) is 8.77. The molecule has 19 heavy (non-hydrogen) atoms. The van der Waals surface area contributed by atoms with Crippen molar-refractivity contribution in [1.29, 1.82) is 0 Å². The summed E-state index contributed by atoms with van der Waals surface area (Å²) in [5, 5.41) is 19.1. The van der Waals surface area contributed by atoms with Crippen molar-refractivity contribution in [2.75, 3.05) is 13.7 Å². The zero-order chi connectivity index (χ0) is 14.6. The summed E-state index contributed by atoms with van der Waals surface area (Å²) in [6.45, 7) is 5.50. The summed E-state index contributed by atoms with van der Waals surface area (Å²) in [6, 6.07) is 4.36. The molecule has 0 aliphatic heterocycles. The van der Waals surface area contributed by atoms with E-state index in [2.05, 4.69) is 0 Å². The van der Waals surface area contributed by atoms with Crippen LogP contribution in [0.15, 0.2) is 18.2 Å². The lowest BCUT2D eigenvalue weighted by molar-refractivity contribution is -0.0271. The van der Waals surface area contributed by atoms with Gasteiger partial charge in [-0.15, -0.1) is 0 Å². The largest absolute Gasteiger partial charge is 0.493 e. The quantitative estimate of drug-likeness (QED) is 0.827. The first kappa shape index (κ1) is 15.3. The van der Waals surface area contributed by atoms with Gasteiger partial charge in [-0.3, -0.25) is 0 Å². The molecule has 0 aromatic heterocycles. The summed E-state index contributed by atoms with van der Waals surface area (Å²) >= 11 is 0. The van der Waals surface area contributed by atoms with Crippen LogP contribution in [0.4, 0.5) is 0 Å². The molecule has 0 amide bonds. The van der Waals surface area contributed by atoms with Crippen molar-refractivity contribution in [3.8, 4) is 11.5 Å². The lowest BCUT2D eigenvalue weighted by atomic mass is 9.94. The van der Waals surface area contributed by atoms with Crippen molar-refractivity contribution in [2.24, 2.45) is 5.92 Å². The van der Waals surface area contributed by atoms with E-state index in [4.69, 9.17) is 14.6 Å². The fraction of sp³-hybridized carbons (Fsp3) is 0.500. The number of aromatic carboxylic acids is 1. The van der Waals surface area contributed by atoms with Crippen molar-refractivity contribution in [2.45, 2.75) is 26.4 Å². The number of carbonyl (C=O) groups is 1. The summed E-state index contributed by atoms with van der Waals surface area (Å²) < 4.78 is 10.6. The number of methoxy groups -OCH3 is 1. The third kappa shape index (κ3) is 3.86. The Morgan fingerprint density at radius 2 is 2.00 bits per heavy atom. The lowest BCUT2D eigenvalue weighted by Gasteiger charge is -2.27. The van der Waals surface area contributed by atoms with Crippen molar-refractivity contribution in [3.05, 3.63) is 23.8 Å². The van der Waals surface area contributed by atoms with Crippen molar-refractivity contribution >= 4 is 5.97 Å². The number of carboxylic acids is 1. The summed E-state index contributed by atoms with van der Waals surface area (Å²) in [7, 11) is 1.48. The van der Waals surface area contributed by atoms with E-state index in [1.807, 2.05) is 13.8 Å². The molecule has 5 nitrogen and oxygen atoms in total. The molecule has 0 spiro atoms. The average molecular weight is 268 g/mol. The van der Waals surface area contributed by atoms with Crippen LogP contribution in [-0.4, -0.2) is 35.5 Å². The zero-order valence-electron chi connectivity index (χ0n) is 11.6. The second-order valence-electron chi connectivity index (χ2n) is 4.97. The van der Waals surface area contributed by atoms with Crippen LogP contribution < -0.4 is 9.47 Å². The van der Waals surface area contributed by atoms with E-state index < -0.39 is 11.6 Å². The minimum Gasteiger partial charge on any atom is -0.493 e. The maximum absolute atomic E-state index is 10.9. The van der Waals surface area contributed by atoms with Crippen molar-refractivity contribution in [1.82, 2.24) is 0 Å². The second kappa shape index (κ2) is 5.93. The van der Waals surface area contributed by atoms with Gasteiger partial charge in [0.1, 0.15) is 6.61 Å². The number of rotatable bonds is 6. The molecule has 0 heterocycles. The fourth-order valence-corrected chi connectivity index (χ4v) is 1.31. The highest BCUT2D eigenvalue weighted by Crippen LogP contribution is 2.29. The van der Waals surface area contributed by atoms with Crippen LogP contribution in [0.25, 0.3) is 0 Å². The molecule has 1 rings (SSSR count). The van der Waals surface area contributed by atoms with Gasteiger partial charge in [-0.05, 0) is 31.0 Å². The summed E-state index contributed by atoms with van der Waals surface area (Å²) in [6.07, 6.45) is 0. The maximum atomic E-state index is 10.9. The molecule has 2 N–H and O–H groups in total. The Labute approximate surface area is 112 Å². The predicted octanol–water partition coefficient (Wildman–Crippen LogP) is 2.18. The molecule has 0 bridgehead atoms. The molecule has 0 aliphatic carbocycles. The second-order valence-corrected chi connectivity index (χ2v) is 4.97. The fourth-order valence-electron chi connectivity index (χ4n) is 1.31.